The van der Waals surface area contributed by atoms with Gasteiger partial charge in [0, 0.05) is 17.6 Å². The van der Waals surface area contributed by atoms with Gasteiger partial charge in [-0.25, -0.2) is 4.79 Å². The van der Waals surface area contributed by atoms with Crippen LogP contribution in [-0.4, -0.2) is 41.0 Å². The summed E-state index contributed by atoms with van der Waals surface area (Å²) in [6.07, 6.45) is 3.46. The minimum Gasteiger partial charge on any atom is -0.467 e. The summed E-state index contributed by atoms with van der Waals surface area (Å²) < 4.78 is 4.81. The minimum absolute atomic E-state index is 0.113. The van der Waals surface area contributed by atoms with Crippen molar-refractivity contribution in [3.8, 4) is 0 Å². The molecule has 0 unspecified atom stereocenters. The Labute approximate surface area is 135 Å². The molecule has 1 aromatic heterocycles. The molecule has 1 atom stereocenters. The number of para-hydroxylation sites is 1. The SMILES string of the molecule is COC(=O)[C@@H](C)N(C(=O)c1cnc2ccccc2c1C)C1CC1. The molecule has 5 heteroatoms. The van der Waals surface area contributed by atoms with Gasteiger partial charge in [-0.1, -0.05) is 18.2 Å². The molecule has 0 saturated heterocycles. The number of rotatable bonds is 4. The molecule has 0 bridgehead atoms. The molecule has 2 aromatic rings. The monoisotopic (exact) mass is 312 g/mol. The third kappa shape index (κ3) is 2.79. The normalized spacial score (nSPS) is 15.3. The van der Waals surface area contributed by atoms with Crippen LogP contribution in [0.5, 0.6) is 0 Å². The summed E-state index contributed by atoms with van der Waals surface area (Å²) >= 11 is 0. The maximum atomic E-state index is 13.0. The van der Waals surface area contributed by atoms with Gasteiger partial charge in [0.15, 0.2) is 0 Å². The van der Waals surface area contributed by atoms with Crippen molar-refractivity contribution in [2.75, 3.05) is 7.11 Å². The van der Waals surface area contributed by atoms with Crippen LogP contribution < -0.4 is 0 Å². The zero-order chi connectivity index (χ0) is 16.6. The molecular formula is C18H20N2O3. The van der Waals surface area contributed by atoms with Crippen LogP contribution in [0.1, 0.15) is 35.7 Å². The number of amides is 1. The number of esters is 1. The first-order valence-electron chi connectivity index (χ1n) is 7.79. The summed E-state index contributed by atoms with van der Waals surface area (Å²) in [6, 6.07) is 7.26. The maximum Gasteiger partial charge on any atom is 0.328 e. The van der Waals surface area contributed by atoms with Crippen molar-refractivity contribution in [3.63, 3.8) is 0 Å². The molecule has 0 N–H and O–H groups in total. The molecule has 23 heavy (non-hydrogen) atoms. The van der Waals surface area contributed by atoms with Crippen molar-refractivity contribution < 1.29 is 14.3 Å². The van der Waals surface area contributed by atoms with E-state index in [1.165, 1.54) is 7.11 Å². The molecular weight excluding hydrogens is 292 g/mol. The number of carbonyl (C=O) groups is 2. The van der Waals surface area contributed by atoms with Crippen LogP contribution in [-0.2, 0) is 9.53 Å². The Morgan fingerprint density at radius 3 is 2.65 bits per heavy atom. The van der Waals surface area contributed by atoms with Crippen molar-refractivity contribution in [2.45, 2.75) is 38.8 Å². The average Bonchev–Trinajstić information content (AvgIpc) is 3.39. The van der Waals surface area contributed by atoms with E-state index in [-0.39, 0.29) is 11.9 Å². The van der Waals surface area contributed by atoms with Crippen molar-refractivity contribution in [2.24, 2.45) is 0 Å². The highest BCUT2D eigenvalue weighted by molar-refractivity contribution is 6.01. The van der Waals surface area contributed by atoms with Crippen LogP contribution >= 0.6 is 0 Å². The molecule has 1 aromatic carbocycles. The highest BCUT2D eigenvalue weighted by Gasteiger charge is 2.39. The molecule has 3 rings (SSSR count). The zero-order valence-corrected chi connectivity index (χ0v) is 13.6. The number of pyridine rings is 1. The molecule has 1 fully saturated rings. The topological polar surface area (TPSA) is 59.5 Å². The molecule has 0 aliphatic heterocycles. The maximum absolute atomic E-state index is 13.0. The van der Waals surface area contributed by atoms with Gasteiger partial charge in [-0.3, -0.25) is 9.78 Å². The summed E-state index contributed by atoms with van der Waals surface area (Å²) in [4.78, 5) is 30.9. The van der Waals surface area contributed by atoms with Gasteiger partial charge in [0.25, 0.3) is 5.91 Å². The van der Waals surface area contributed by atoms with Gasteiger partial charge in [-0.05, 0) is 38.3 Å². The largest absolute Gasteiger partial charge is 0.467 e. The van der Waals surface area contributed by atoms with E-state index in [9.17, 15) is 9.59 Å². The van der Waals surface area contributed by atoms with Gasteiger partial charge in [0.05, 0.1) is 18.2 Å². The van der Waals surface area contributed by atoms with Gasteiger partial charge in [-0.15, -0.1) is 0 Å². The number of aromatic nitrogens is 1. The number of methoxy groups -OCH3 is 1. The third-order valence-corrected chi connectivity index (χ3v) is 4.41. The minimum atomic E-state index is -0.592. The first kappa shape index (κ1) is 15.5. The number of ether oxygens (including phenoxy) is 1. The summed E-state index contributed by atoms with van der Waals surface area (Å²) in [6.45, 7) is 3.64. The van der Waals surface area contributed by atoms with E-state index in [1.807, 2.05) is 31.2 Å². The lowest BCUT2D eigenvalue weighted by atomic mass is 10.0. The Kier molecular flexibility index (Phi) is 4.03. The van der Waals surface area contributed by atoms with Crippen molar-refractivity contribution in [3.05, 3.63) is 41.6 Å². The third-order valence-electron chi connectivity index (χ3n) is 4.41. The summed E-state index contributed by atoms with van der Waals surface area (Å²) in [7, 11) is 1.34. The fourth-order valence-corrected chi connectivity index (χ4v) is 2.93. The predicted molar refractivity (Wildman–Crippen MR) is 87.1 cm³/mol. The molecule has 0 spiro atoms. The highest BCUT2D eigenvalue weighted by atomic mass is 16.5. The Balaban J connectivity index is 2.00. The van der Waals surface area contributed by atoms with Gasteiger partial charge >= 0.3 is 5.97 Å². The number of hydrogen-bond acceptors (Lipinski definition) is 4. The molecule has 1 heterocycles. The summed E-state index contributed by atoms with van der Waals surface area (Å²) in [5.41, 5.74) is 2.30. The predicted octanol–water partition coefficient (Wildman–Crippen LogP) is 2.71. The van der Waals surface area contributed by atoms with E-state index in [1.54, 1.807) is 18.0 Å². The molecule has 1 aliphatic rings. The second-order valence-corrected chi connectivity index (χ2v) is 5.96. The fraction of sp³-hybridized carbons (Fsp3) is 0.389. The van der Waals surface area contributed by atoms with E-state index in [0.29, 0.717) is 5.56 Å². The van der Waals surface area contributed by atoms with Crippen LogP contribution in [0.3, 0.4) is 0 Å². The van der Waals surface area contributed by atoms with Crippen LogP contribution in [0, 0.1) is 6.92 Å². The first-order chi connectivity index (χ1) is 11.0. The molecule has 1 aliphatic carbocycles. The molecule has 1 saturated carbocycles. The van der Waals surface area contributed by atoms with Crippen LogP contribution in [0.4, 0.5) is 0 Å². The molecule has 1 amide bonds. The average molecular weight is 312 g/mol. The second-order valence-electron chi connectivity index (χ2n) is 5.96. The van der Waals surface area contributed by atoms with E-state index < -0.39 is 12.0 Å². The highest BCUT2D eigenvalue weighted by Crippen LogP contribution is 2.31. The Bertz CT molecular complexity index is 768. The quantitative estimate of drug-likeness (QED) is 0.815. The number of fused-ring (bicyclic) bond motifs is 1. The number of benzene rings is 1. The van der Waals surface area contributed by atoms with E-state index in [4.69, 9.17) is 4.74 Å². The van der Waals surface area contributed by atoms with Gasteiger partial charge in [0.1, 0.15) is 6.04 Å². The van der Waals surface area contributed by atoms with Crippen LogP contribution in [0.2, 0.25) is 0 Å². The van der Waals surface area contributed by atoms with Crippen LogP contribution in [0.15, 0.2) is 30.5 Å². The lowest BCUT2D eigenvalue weighted by Gasteiger charge is -2.28. The first-order valence-corrected chi connectivity index (χ1v) is 7.79. The standard InChI is InChI=1S/C18H20N2O3/c1-11-14-6-4-5-7-16(14)19-10-15(11)17(21)20(13-8-9-13)12(2)18(22)23-3/h4-7,10,12-13H,8-9H2,1-3H3/t12-/m1/s1. The zero-order valence-electron chi connectivity index (χ0n) is 13.6. The number of hydrogen-bond donors (Lipinski definition) is 0. The van der Waals surface area contributed by atoms with Crippen molar-refractivity contribution in [1.29, 1.82) is 0 Å². The van der Waals surface area contributed by atoms with Gasteiger partial charge in [-0.2, -0.15) is 0 Å². The summed E-state index contributed by atoms with van der Waals surface area (Å²) in [5.74, 6) is -0.544. The number of nitrogens with zero attached hydrogens (tertiary/aromatic N) is 2. The van der Waals surface area contributed by atoms with Crippen molar-refractivity contribution >= 4 is 22.8 Å². The Morgan fingerprint density at radius 2 is 2.00 bits per heavy atom. The lowest BCUT2D eigenvalue weighted by Crippen LogP contribution is -2.45. The van der Waals surface area contributed by atoms with Crippen molar-refractivity contribution in [1.82, 2.24) is 9.88 Å². The van der Waals surface area contributed by atoms with Gasteiger partial charge < -0.3 is 9.64 Å². The Morgan fingerprint density at radius 1 is 1.30 bits per heavy atom. The summed E-state index contributed by atoms with van der Waals surface area (Å²) in [5, 5.41) is 0.958. The fourth-order valence-electron chi connectivity index (χ4n) is 2.93. The number of carbonyl (C=O) groups excluding carboxylic acids is 2. The molecule has 120 valence electrons. The molecule has 5 nitrogen and oxygen atoms in total. The van der Waals surface area contributed by atoms with E-state index in [0.717, 1.165) is 29.3 Å². The smallest absolute Gasteiger partial charge is 0.328 e. The van der Waals surface area contributed by atoms with E-state index in [2.05, 4.69) is 4.98 Å². The Hall–Kier alpha value is -2.43. The van der Waals surface area contributed by atoms with E-state index >= 15 is 0 Å². The molecule has 0 radical (unpaired) electrons. The second kappa shape index (κ2) is 5.99. The van der Waals surface area contributed by atoms with Gasteiger partial charge in [0.2, 0.25) is 0 Å². The number of aryl methyl sites for hydroxylation is 1. The lowest BCUT2D eigenvalue weighted by molar-refractivity contribution is -0.145. The van der Waals surface area contributed by atoms with Crippen LogP contribution in [0.25, 0.3) is 10.9 Å².